The van der Waals surface area contributed by atoms with Gasteiger partial charge in [0.05, 0.1) is 18.6 Å². The first-order valence-corrected chi connectivity index (χ1v) is 6.14. The fraction of sp³-hybridized carbons (Fsp3) is 0.429. The van der Waals surface area contributed by atoms with Crippen LogP contribution in [0.3, 0.4) is 0 Å². The number of carboxylic acid groups (broad SMARTS) is 1. The van der Waals surface area contributed by atoms with Crippen LogP contribution in [0, 0.1) is 0 Å². The topological polar surface area (TPSA) is 77.8 Å². The Morgan fingerprint density at radius 2 is 1.79 bits per heavy atom. The summed E-state index contributed by atoms with van der Waals surface area (Å²) in [5.74, 6) is -1.29. The molecule has 0 spiro atoms. The number of rotatable bonds is 6. The van der Waals surface area contributed by atoms with Gasteiger partial charge in [0.15, 0.2) is 0 Å². The van der Waals surface area contributed by atoms with Crippen molar-refractivity contribution in [1.82, 2.24) is 4.90 Å². The normalized spacial score (nSPS) is 13.6. The number of aliphatic hydroxyl groups excluding tert-OH is 1. The van der Waals surface area contributed by atoms with Crippen molar-refractivity contribution in [2.45, 2.75) is 31.9 Å². The summed E-state index contributed by atoms with van der Waals surface area (Å²) >= 11 is 0. The molecule has 2 unspecified atom stereocenters. The number of aliphatic hydroxyl groups is 1. The second-order valence-electron chi connectivity index (χ2n) is 4.49. The van der Waals surface area contributed by atoms with E-state index < -0.39 is 18.1 Å². The Balaban J connectivity index is 2.63. The van der Waals surface area contributed by atoms with Gasteiger partial charge in [0.1, 0.15) is 0 Å². The van der Waals surface area contributed by atoms with Crippen molar-refractivity contribution in [2.24, 2.45) is 0 Å². The third-order valence-corrected chi connectivity index (χ3v) is 3.16. The molecule has 0 aliphatic carbocycles. The highest BCUT2D eigenvalue weighted by molar-refractivity contribution is 5.80. The van der Waals surface area contributed by atoms with Crippen LogP contribution in [-0.2, 0) is 9.59 Å². The highest BCUT2D eigenvalue weighted by Crippen LogP contribution is 2.20. The number of hydrogen-bond acceptors (Lipinski definition) is 3. The first-order chi connectivity index (χ1) is 8.93. The molecule has 1 aromatic rings. The molecule has 5 nitrogen and oxygen atoms in total. The van der Waals surface area contributed by atoms with Gasteiger partial charge in [-0.1, -0.05) is 30.3 Å². The lowest BCUT2D eigenvalue weighted by atomic mass is 10.0. The Labute approximate surface area is 112 Å². The molecule has 0 aliphatic rings. The fourth-order valence-electron chi connectivity index (χ4n) is 1.76. The molecule has 0 aliphatic heterocycles. The first-order valence-electron chi connectivity index (χ1n) is 6.14. The number of likely N-dealkylation sites (N-methyl/N-ethyl adjacent to an activating group) is 1. The maximum Gasteiger partial charge on any atom is 0.303 e. The Kier molecular flexibility index (Phi) is 5.51. The Morgan fingerprint density at radius 1 is 1.21 bits per heavy atom. The van der Waals surface area contributed by atoms with Crippen LogP contribution in [0.1, 0.15) is 31.4 Å². The van der Waals surface area contributed by atoms with Crippen LogP contribution >= 0.6 is 0 Å². The summed E-state index contributed by atoms with van der Waals surface area (Å²) < 4.78 is 0. The third-order valence-electron chi connectivity index (χ3n) is 3.16. The molecule has 0 bridgehead atoms. The van der Waals surface area contributed by atoms with Gasteiger partial charge in [0.2, 0.25) is 5.91 Å². The molecular weight excluding hydrogens is 246 g/mol. The minimum absolute atomic E-state index is 0.0579. The minimum Gasteiger partial charge on any atom is -0.481 e. The summed E-state index contributed by atoms with van der Waals surface area (Å²) in [6.45, 7) is 1.73. The predicted molar refractivity (Wildman–Crippen MR) is 70.5 cm³/mol. The van der Waals surface area contributed by atoms with Gasteiger partial charge in [0.25, 0.3) is 0 Å². The summed E-state index contributed by atoms with van der Waals surface area (Å²) in [4.78, 5) is 23.6. The largest absolute Gasteiger partial charge is 0.481 e. The van der Waals surface area contributed by atoms with E-state index in [0.29, 0.717) is 0 Å². The monoisotopic (exact) mass is 265 g/mol. The van der Waals surface area contributed by atoms with Gasteiger partial charge in [-0.2, -0.15) is 0 Å². The number of nitrogens with zero attached hydrogens (tertiary/aromatic N) is 1. The molecule has 0 saturated carbocycles. The number of amides is 1. The molecule has 1 aromatic carbocycles. The summed E-state index contributed by atoms with van der Waals surface area (Å²) in [5, 5.41) is 18.7. The van der Waals surface area contributed by atoms with Crippen molar-refractivity contribution in [2.75, 3.05) is 7.05 Å². The number of hydrogen-bond donors (Lipinski definition) is 2. The molecular formula is C14H19NO4. The van der Waals surface area contributed by atoms with Crippen molar-refractivity contribution < 1.29 is 19.8 Å². The maximum atomic E-state index is 11.8. The van der Waals surface area contributed by atoms with E-state index in [0.717, 1.165) is 5.56 Å². The zero-order chi connectivity index (χ0) is 14.4. The van der Waals surface area contributed by atoms with Crippen LogP contribution in [0.25, 0.3) is 0 Å². The highest BCUT2D eigenvalue weighted by Gasteiger charge is 2.24. The minimum atomic E-state index is -1.00. The van der Waals surface area contributed by atoms with E-state index in [1.807, 2.05) is 18.2 Å². The van der Waals surface area contributed by atoms with Gasteiger partial charge in [-0.15, -0.1) is 0 Å². The van der Waals surface area contributed by atoms with Crippen molar-refractivity contribution in [1.29, 1.82) is 0 Å². The number of carboxylic acids is 1. The maximum absolute atomic E-state index is 11.8. The Morgan fingerprint density at radius 3 is 2.32 bits per heavy atom. The van der Waals surface area contributed by atoms with Gasteiger partial charge in [-0.05, 0) is 12.5 Å². The van der Waals surface area contributed by atoms with E-state index in [2.05, 4.69) is 0 Å². The van der Waals surface area contributed by atoms with Gasteiger partial charge in [0, 0.05) is 13.5 Å². The van der Waals surface area contributed by atoms with Crippen LogP contribution in [0.2, 0.25) is 0 Å². The number of carbonyl (C=O) groups is 2. The second kappa shape index (κ2) is 6.89. The van der Waals surface area contributed by atoms with Crippen LogP contribution < -0.4 is 0 Å². The number of aliphatic carboxylic acids is 1. The fourth-order valence-corrected chi connectivity index (χ4v) is 1.76. The molecule has 104 valence electrons. The zero-order valence-electron chi connectivity index (χ0n) is 11.1. The van der Waals surface area contributed by atoms with Crippen LogP contribution in [0.5, 0.6) is 0 Å². The van der Waals surface area contributed by atoms with Gasteiger partial charge in [-0.25, -0.2) is 0 Å². The standard InChI is InChI=1S/C14H19NO4/c1-10(14(19)11-6-4-3-5-7-11)15(2)12(16)8-9-13(17)18/h3-7,10,14,19H,8-9H2,1-2H3,(H,17,18). The lowest BCUT2D eigenvalue weighted by molar-refractivity contribution is -0.141. The number of benzene rings is 1. The van der Waals surface area contributed by atoms with Crippen LogP contribution in [0.4, 0.5) is 0 Å². The van der Waals surface area contributed by atoms with Crippen LogP contribution in [0.15, 0.2) is 30.3 Å². The van der Waals surface area contributed by atoms with Crippen LogP contribution in [-0.4, -0.2) is 40.1 Å². The van der Waals surface area contributed by atoms with E-state index in [4.69, 9.17) is 5.11 Å². The molecule has 0 radical (unpaired) electrons. The van der Waals surface area contributed by atoms with E-state index >= 15 is 0 Å². The van der Waals surface area contributed by atoms with Crippen molar-refractivity contribution in [3.8, 4) is 0 Å². The van der Waals surface area contributed by atoms with E-state index in [1.54, 1.807) is 26.1 Å². The average Bonchev–Trinajstić information content (AvgIpc) is 2.43. The highest BCUT2D eigenvalue weighted by atomic mass is 16.4. The van der Waals surface area contributed by atoms with Gasteiger partial charge < -0.3 is 15.1 Å². The lowest BCUT2D eigenvalue weighted by Gasteiger charge is -2.29. The third kappa shape index (κ3) is 4.37. The predicted octanol–water partition coefficient (Wildman–Crippen LogP) is 1.43. The molecule has 0 fully saturated rings. The summed E-state index contributed by atoms with van der Waals surface area (Å²) in [7, 11) is 1.57. The van der Waals surface area contributed by atoms with Crippen molar-refractivity contribution in [3.63, 3.8) is 0 Å². The lowest BCUT2D eigenvalue weighted by Crippen LogP contribution is -2.39. The summed E-state index contributed by atoms with van der Waals surface area (Å²) in [6.07, 6.45) is -1.05. The van der Waals surface area contributed by atoms with Crippen molar-refractivity contribution in [3.05, 3.63) is 35.9 Å². The molecule has 2 N–H and O–H groups in total. The average molecular weight is 265 g/mol. The molecule has 1 rings (SSSR count). The smallest absolute Gasteiger partial charge is 0.303 e. The molecule has 0 heterocycles. The quantitative estimate of drug-likeness (QED) is 0.815. The molecule has 5 heteroatoms. The van der Waals surface area contributed by atoms with E-state index in [-0.39, 0.29) is 18.7 Å². The Bertz CT molecular complexity index is 432. The molecule has 2 atom stereocenters. The zero-order valence-corrected chi connectivity index (χ0v) is 11.1. The molecule has 1 amide bonds. The SMILES string of the molecule is CC(C(O)c1ccccc1)N(C)C(=O)CCC(=O)O. The summed E-state index contributed by atoms with van der Waals surface area (Å²) in [6, 6.07) is 8.65. The number of carbonyl (C=O) groups excluding carboxylic acids is 1. The second-order valence-corrected chi connectivity index (χ2v) is 4.49. The molecule has 0 aromatic heterocycles. The first kappa shape index (κ1) is 15.2. The molecule has 0 saturated heterocycles. The summed E-state index contributed by atoms with van der Waals surface area (Å²) in [5.41, 5.74) is 0.730. The van der Waals surface area contributed by atoms with E-state index in [9.17, 15) is 14.7 Å². The van der Waals surface area contributed by atoms with Gasteiger partial charge in [-0.3, -0.25) is 9.59 Å². The molecule has 19 heavy (non-hydrogen) atoms. The van der Waals surface area contributed by atoms with E-state index in [1.165, 1.54) is 4.90 Å². The van der Waals surface area contributed by atoms with Gasteiger partial charge >= 0.3 is 5.97 Å². The van der Waals surface area contributed by atoms with Crippen molar-refractivity contribution >= 4 is 11.9 Å². The Hall–Kier alpha value is -1.88.